The third-order valence-corrected chi connectivity index (χ3v) is 3.84. The maximum absolute atomic E-state index is 4.51. The van der Waals surface area contributed by atoms with Gasteiger partial charge in [0.2, 0.25) is 0 Å². The van der Waals surface area contributed by atoms with Gasteiger partial charge in [0.05, 0.1) is 11.4 Å². The summed E-state index contributed by atoms with van der Waals surface area (Å²) in [7, 11) is 0. The van der Waals surface area contributed by atoms with E-state index < -0.39 is 0 Å². The minimum absolute atomic E-state index is 0.251. The number of rotatable bonds is 4. The molecule has 3 nitrogen and oxygen atoms in total. The van der Waals surface area contributed by atoms with E-state index in [4.69, 9.17) is 0 Å². The first kappa shape index (κ1) is 12.2. The predicted molar refractivity (Wildman–Crippen MR) is 71.1 cm³/mol. The normalized spacial score (nSPS) is 12.6. The van der Waals surface area contributed by atoms with E-state index in [0.29, 0.717) is 0 Å². The van der Waals surface area contributed by atoms with Crippen LogP contribution in [-0.2, 0) is 6.54 Å². The highest BCUT2D eigenvalue weighted by molar-refractivity contribution is 7.11. The summed E-state index contributed by atoms with van der Waals surface area (Å²) in [5, 5.41) is 4.58. The Morgan fingerprint density at radius 1 is 1.35 bits per heavy atom. The lowest BCUT2D eigenvalue weighted by Gasteiger charge is -2.11. The van der Waals surface area contributed by atoms with Crippen molar-refractivity contribution in [3.8, 4) is 0 Å². The molecule has 2 rings (SSSR count). The van der Waals surface area contributed by atoms with Crippen molar-refractivity contribution in [1.82, 2.24) is 15.3 Å². The topological polar surface area (TPSA) is 37.8 Å². The Morgan fingerprint density at radius 2 is 2.18 bits per heavy atom. The molecule has 17 heavy (non-hydrogen) atoms. The average molecular weight is 247 g/mol. The summed E-state index contributed by atoms with van der Waals surface area (Å²) in [5.41, 5.74) is 2.20. The molecule has 2 heterocycles. The van der Waals surface area contributed by atoms with E-state index in [-0.39, 0.29) is 6.04 Å². The highest BCUT2D eigenvalue weighted by Crippen LogP contribution is 2.17. The van der Waals surface area contributed by atoms with Gasteiger partial charge < -0.3 is 5.32 Å². The van der Waals surface area contributed by atoms with Gasteiger partial charge in [0.1, 0.15) is 5.01 Å². The molecule has 2 aromatic rings. The van der Waals surface area contributed by atoms with E-state index in [2.05, 4.69) is 36.1 Å². The molecule has 0 unspecified atom stereocenters. The van der Waals surface area contributed by atoms with Gasteiger partial charge in [0.15, 0.2) is 0 Å². The summed E-state index contributed by atoms with van der Waals surface area (Å²) in [6, 6.07) is 6.23. The van der Waals surface area contributed by atoms with E-state index in [0.717, 1.165) is 22.9 Å². The molecule has 1 atom stereocenters. The van der Waals surface area contributed by atoms with E-state index in [1.165, 1.54) is 4.88 Å². The lowest BCUT2D eigenvalue weighted by atomic mass is 10.2. The molecule has 0 aromatic carbocycles. The number of hydrogen-bond acceptors (Lipinski definition) is 4. The van der Waals surface area contributed by atoms with Gasteiger partial charge in [0, 0.05) is 23.7 Å². The number of nitrogens with one attached hydrogen (secondary N) is 1. The molecular formula is C13H17N3S. The summed E-state index contributed by atoms with van der Waals surface area (Å²) < 4.78 is 0. The molecule has 0 spiro atoms. The van der Waals surface area contributed by atoms with Crippen LogP contribution in [0.1, 0.15) is 34.2 Å². The van der Waals surface area contributed by atoms with Gasteiger partial charge in [-0.3, -0.25) is 4.98 Å². The minimum atomic E-state index is 0.251. The SMILES string of the molecule is Cc1nc(CN[C@H](C)c2ccccn2)sc1C. The second-order valence-electron chi connectivity index (χ2n) is 4.11. The molecule has 0 amide bonds. The molecule has 0 aliphatic rings. The summed E-state index contributed by atoms with van der Waals surface area (Å²) in [6.07, 6.45) is 1.82. The van der Waals surface area contributed by atoms with Crippen molar-refractivity contribution in [3.63, 3.8) is 0 Å². The van der Waals surface area contributed by atoms with E-state index in [9.17, 15) is 0 Å². The number of aryl methyl sites for hydroxylation is 2. The van der Waals surface area contributed by atoms with Crippen LogP contribution in [0.3, 0.4) is 0 Å². The van der Waals surface area contributed by atoms with Gasteiger partial charge in [-0.15, -0.1) is 11.3 Å². The lowest BCUT2D eigenvalue weighted by molar-refractivity contribution is 0.560. The van der Waals surface area contributed by atoms with Crippen molar-refractivity contribution < 1.29 is 0 Å². The van der Waals surface area contributed by atoms with Crippen molar-refractivity contribution in [2.45, 2.75) is 33.4 Å². The number of nitrogens with zero attached hydrogens (tertiary/aromatic N) is 2. The smallest absolute Gasteiger partial charge is 0.107 e. The Bertz CT molecular complexity index is 459. The second kappa shape index (κ2) is 5.38. The van der Waals surface area contributed by atoms with Crippen LogP contribution in [0.2, 0.25) is 0 Å². The van der Waals surface area contributed by atoms with Gasteiger partial charge >= 0.3 is 0 Å². The summed E-state index contributed by atoms with van der Waals surface area (Å²) in [5.74, 6) is 0. The van der Waals surface area contributed by atoms with Crippen LogP contribution in [0.4, 0.5) is 0 Å². The molecule has 0 saturated heterocycles. The van der Waals surface area contributed by atoms with Crippen molar-refractivity contribution in [1.29, 1.82) is 0 Å². The molecule has 0 aliphatic carbocycles. The highest BCUT2D eigenvalue weighted by atomic mass is 32.1. The zero-order valence-corrected chi connectivity index (χ0v) is 11.2. The Balaban J connectivity index is 1.94. The van der Waals surface area contributed by atoms with Crippen LogP contribution in [0, 0.1) is 13.8 Å². The number of thiazole rings is 1. The standard InChI is InChI=1S/C13H17N3S/c1-9-11(3)17-13(16-9)8-15-10(2)12-6-4-5-7-14-12/h4-7,10,15H,8H2,1-3H3/t10-/m1/s1. The third-order valence-electron chi connectivity index (χ3n) is 2.76. The van der Waals surface area contributed by atoms with Gasteiger partial charge in [-0.1, -0.05) is 6.07 Å². The minimum Gasteiger partial charge on any atom is -0.302 e. The summed E-state index contributed by atoms with van der Waals surface area (Å²) in [6.45, 7) is 7.09. The molecule has 0 radical (unpaired) electrons. The molecule has 1 N–H and O–H groups in total. The fourth-order valence-electron chi connectivity index (χ4n) is 1.59. The molecule has 0 saturated carbocycles. The van der Waals surface area contributed by atoms with Crippen LogP contribution in [-0.4, -0.2) is 9.97 Å². The highest BCUT2D eigenvalue weighted by Gasteiger charge is 2.08. The predicted octanol–water partition coefficient (Wildman–Crippen LogP) is 3.01. The van der Waals surface area contributed by atoms with E-state index >= 15 is 0 Å². The van der Waals surface area contributed by atoms with Crippen LogP contribution in [0.5, 0.6) is 0 Å². The first-order chi connectivity index (χ1) is 8.16. The van der Waals surface area contributed by atoms with Gasteiger partial charge in [-0.2, -0.15) is 0 Å². The van der Waals surface area contributed by atoms with Gasteiger partial charge in [-0.25, -0.2) is 4.98 Å². The maximum Gasteiger partial charge on any atom is 0.107 e. The Kier molecular flexibility index (Phi) is 3.86. The Morgan fingerprint density at radius 3 is 2.76 bits per heavy atom. The summed E-state index contributed by atoms with van der Waals surface area (Å²) >= 11 is 1.76. The molecule has 2 aromatic heterocycles. The van der Waals surface area contributed by atoms with Crippen molar-refractivity contribution in [2.24, 2.45) is 0 Å². The van der Waals surface area contributed by atoms with Crippen LogP contribution in [0.15, 0.2) is 24.4 Å². The Hall–Kier alpha value is -1.26. The fourth-order valence-corrected chi connectivity index (χ4v) is 2.48. The van der Waals surface area contributed by atoms with Gasteiger partial charge in [0.25, 0.3) is 0 Å². The molecule has 0 aliphatic heterocycles. The zero-order valence-electron chi connectivity index (χ0n) is 10.4. The van der Waals surface area contributed by atoms with Crippen molar-refractivity contribution >= 4 is 11.3 Å². The summed E-state index contributed by atoms with van der Waals surface area (Å²) in [4.78, 5) is 10.1. The van der Waals surface area contributed by atoms with Crippen LogP contribution >= 0.6 is 11.3 Å². The number of pyridine rings is 1. The maximum atomic E-state index is 4.51. The third kappa shape index (κ3) is 3.11. The average Bonchev–Trinajstić information content (AvgIpc) is 2.67. The van der Waals surface area contributed by atoms with E-state index in [1.54, 1.807) is 11.3 Å². The quantitative estimate of drug-likeness (QED) is 0.902. The molecule has 0 fully saturated rings. The largest absolute Gasteiger partial charge is 0.302 e. The number of hydrogen-bond donors (Lipinski definition) is 1. The van der Waals surface area contributed by atoms with Crippen LogP contribution in [0.25, 0.3) is 0 Å². The van der Waals surface area contributed by atoms with Crippen molar-refractivity contribution in [3.05, 3.63) is 45.7 Å². The Labute approximate surface area is 106 Å². The van der Waals surface area contributed by atoms with E-state index in [1.807, 2.05) is 24.4 Å². The molecule has 90 valence electrons. The lowest BCUT2D eigenvalue weighted by Crippen LogP contribution is -2.18. The molecular weight excluding hydrogens is 230 g/mol. The zero-order chi connectivity index (χ0) is 12.3. The fraction of sp³-hybridized carbons (Fsp3) is 0.385. The molecule has 4 heteroatoms. The first-order valence-electron chi connectivity index (χ1n) is 5.74. The van der Waals surface area contributed by atoms with Crippen molar-refractivity contribution in [2.75, 3.05) is 0 Å². The number of aromatic nitrogens is 2. The second-order valence-corrected chi connectivity index (χ2v) is 5.39. The van der Waals surface area contributed by atoms with Gasteiger partial charge in [-0.05, 0) is 32.9 Å². The van der Waals surface area contributed by atoms with Crippen LogP contribution < -0.4 is 5.32 Å². The molecule has 0 bridgehead atoms. The first-order valence-corrected chi connectivity index (χ1v) is 6.55. The monoisotopic (exact) mass is 247 g/mol.